The van der Waals surface area contributed by atoms with Gasteiger partial charge in [-0.3, -0.25) is 0 Å². The van der Waals surface area contributed by atoms with Crippen molar-refractivity contribution in [2.45, 2.75) is 58.4 Å². The lowest BCUT2D eigenvalue weighted by molar-refractivity contribution is 0.198. The number of methoxy groups -OCH3 is 1. The van der Waals surface area contributed by atoms with Crippen LogP contribution in [0.1, 0.15) is 51.5 Å². The van der Waals surface area contributed by atoms with Gasteiger partial charge in [-0.1, -0.05) is 32.4 Å². The van der Waals surface area contributed by atoms with E-state index in [1.54, 1.807) is 7.11 Å². The Morgan fingerprint density at radius 2 is 2.10 bits per heavy atom. The van der Waals surface area contributed by atoms with E-state index in [1.807, 2.05) is 6.07 Å². The van der Waals surface area contributed by atoms with Crippen molar-refractivity contribution in [2.75, 3.05) is 13.7 Å². The summed E-state index contributed by atoms with van der Waals surface area (Å²) in [7, 11) is 1.75. The maximum absolute atomic E-state index is 5.36. The molecule has 3 atom stereocenters. The Bertz CT molecular complexity index is 418. The quantitative estimate of drug-likeness (QED) is 0.801. The van der Waals surface area contributed by atoms with Crippen LogP contribution in [-0.2, 0) is 6.42 Å². The fourth-order valence-corrected chi connectivity index (χ4v) is 3.66. The molecule has 118 valence electrons. The zero-order valence-electron chi connectivity index (χ0n) is 13.9. The van der Waals surface area contributed by atoms with Crippen LogP contribution in [0.15, 0.2) is 24.3 Å². The molecule has 1 fully saturated rings. The number of rotatable bonds is 7. The first-order valence-corrected chi connectivity index (χ1v) is 8.63. The molecule has 1 aromatic carbocycles. The van der Waals surface area contributed by atoms with Crippen molar-refractivity contribution in [3.63, 3.8) is 0 Å². The molecular weight excluding hydrogens is 258 g/mol. The van der Waals surface area contributed by atoms with E-state index in [9.17, 15) is 0 Å². The smallest absolute Gasteiger partial charge is 0.119 e. The van der Waals surface area contributed by atoms with Crippen LogP contribution in [0.3, 0.4) is 0 Å². The van der Waals surface area contributed by atoms with Crippen LogP contribution in [0.2, 0.25) is 0 Å². The van der Waals surface area contributed by atoms with Crippen LogP contribution in [0.5, 0.6) is 5.75 Å². The first kappa shape index (κ1) is 16.4. The van der Waals surface area contributed by atoms with Crippen molar-refractivity contribution in [2.24, 2.45) is 11.8 Å². The number of hydrogen-bond donors (Lipinski definition) is 1. The minimum atomic E-state index is 0.693. The summed E-state index contributed by atoms with van der Waals surface area (Å²) in [5, 5.41) is 3.78. The van der Waals surface area contributed by atoms with Crippen molar-refractivity contribution < 1.29 is 4.74 Å². The van der Waals surface area contributed by atoms with Gasteiger partial charge in [0, 0.05) is 6.04 Å². The summed E-state index contributed by atoms with van der Waals surface area (Å²) in [5.41, 5.74) is 1.42. The molecule has 2 rings (SSSR count). The topological polar surface area (TPSA) is 21.3 Å². The van der Waals surface area contributed by atoms with E-state index in [2.05, 4.69) is 37.4 Å². The van der Waals surface area contributed by atoms with E-state index in [1.165, 1.54) is 44.1 Å². The average Bonchev–Trinajstić information content (AvgIpc) is 2.53. The monoisotopic (exact) mass is 289 g/mol. The lowest BCUT2D eigenvalue weighted by Crippen LogP contribution is -2.41. The Kier molecular flexibility index (Phi) is 6.56. The first-order valence-electron chi connectivity index (χ1n) is 8.63. The van der Waals surface area contributed by atoms with Crippen molar-refractivity contribution in [1.29, 1.82) is 0 Å². The van der Waals surface area contributed by atoms with Gasteiger partial charge >= 0.3 is 0 Å². The summed E-state index contributed by atoms with van der Waals surface area (Å²) in [6.45, 7) is 5.74. The van der Waals surface area contributed by atoms with Crippen LogP contribution in [0.4, 0.5) is 0 Å². The molecule has 0 saturated heterocycles. The third-order valence-electron chi connectivity index (χ3n) is 4.96. The standard InChI is InChI=1S/C19H31NO/c1-4-11-20-19-10-9-15(5-2)12-17(19)13-16-7-6-8-18(14-16)21-3/h6-8,14-15,17,19-20H,4-5,9-13H2,1-3H3. The molecule has 0 bridgehead atoms. The van der Waals surface area contributed by atoms with Gasteiger partial charge in [-0.2, -0.15) is 0 Å². The van der Waals surface area contributed by atoms with E-state index in [-0.39, 0.29) is 0 Å². The molecule has 2 nitrogen and oxygen atoms in total. The average molecular weight is 289 g/mol. The summed E-state index contributed by atoms with van der Waals surface area (Å²) >= 11 is 0. The second-order valence-corrected chi connectivity index (χ2v) is 6.46. The molecule has 0 aliphatic heterocycles. The zero-order valence-corrected chi connectivity index (χ0v) is 13.9. The van der Waals surface area contributed by atoms with E-state index in [0.717, 1.165) is 24.1 Å². The summed E-state index contributed by atoms with van der Waals surface area (Å²) < 4.78 is 5.36. The SMILES string of the molecule is CCCNC1CCC(CC)CC1Cc1cccc(OC)c1. The van der Waals surface area contributed by atoms with Crippen molar-refractivity contribution in [3.05, 3.63) is 29.8 Å². The van der Waals surface area contributed by atoms with Gasteiger partial charge in [0.15, 0.2) is 0 Å². The van der Waals surface area contributed by atoms with Crippen molar-refractivity contribution >= 4 is 0 Å². The van der Waals surface area contributed by atoms with Gasteiger partial charge < -0.3 is 10.1 Å². The molecule has 0 aromatic heterocycles. The maximum Gasteiger partial charge on any atom is 0.119 e. The minimum Gasteiger partial charge on any atom is -0.497 e. The largest absolute Gasteiger partial charge is 0.497 e. The second-order valence-electron chi connectivity index (χ2n) is 6.46. The molecule has 3 unspecified atom stereocenters. The van der Waals surface area contributed by atoms with Gasteiger partial charge in [0.25, 0.3) is 0 Å². The Labute approximate surface area is 130 Å². The molecule has 0 amide bonds. The van der Waals surface area contributed by atoms with Gasteiger partial charge in [0.1, 0.15) is 5.75 Å². The van der Waals surface area contributed by atoms with Crippen LogP contribution in [-0.4, -0.2) is 19.7 Å². The van der Waals surface area contributed by atoms with Gasteiger partial charge in [-0.25, -0.2) is 0 Å². The van der Waals surface area contributed by atoms with Crippen molar-refractivity contribution in [3.8, 4) is 5.75 Å². The molecule has 1 saturated carbocycles. The molecule has 2 heteroatoms. The fraction of sp³-hybridized carbons (Fsp3) is 0.684. The van der Waals surface area contributed by atoms with Crippen LogP contribution < -0.4 is 10.1 Å². The van der Waals surface area contributed by atoms with Gasteiger partial charge in [0.2, 0.25) is 0 Å². The van der Waals surface area contributed by atoms with Crippen LogP contribution in [0.25, 0.3) is 0 Å². The molecule has 1 aliphatic carbocycles. The predicted octanol–water partition coefficient (Wildman–Crippen LogP) is 4.43. The Hall–Kier alpha value is -1.02. The normalized spacial score (nSPS) is 25.8. The summed E-state index contributed by atoms with van der Waals surface area (Å²) in [6.07, 6.45) is 7.83. The molecule has 1 aliphatic rings. The highest BCUT2D eigenvalue weighted by molar-refractivity contribution is 5.28. The summed E-state index contributed by atoms with van der Waals surface area (Å²) in [5.74, 6) is 2.66. The highest BCUT2D eigenvalue weighted by Gasteiger charge is 2.29. The summed E-state index contributed by atoms with van der Waals surface area (Å²) in [6, 6.07) is 9.29. The predicted molar refractivity (Wildman–Crippen MR) is 89.9 cm³/mol. The lowest BCUT2D eigenvalue weighted by Gasteiger charge is -2.37. The Morgan fingerprint density at radius 1 is 1.24 bits per heavy atom. The van der Waals surface area contributed by atoms with E-state index in [0.29, 0.717) is 6.04 Å². The number of hydrogen-bond acceptors (Lipinski definition) is 2. The number of ether oxygens (including phenoxy) is 1. The van der Waals surface area contributed by atoms with Crippen LogP contribution >= 0.6 is 0 Å². The first-order chi connectivity index (χ1) is 10.3. The number of nitrogens with one attached hydrogen (secondary N) is 1. The summed E-state index contributed by atoms with van der Waals surface area (Å²) in [4.78, 5) is 0. The molecule has 0 radical (unpaired) electrons. The zero-order chi connectivity index (χ0) is 15.1. The van der Waals surface area contributed by atoms with E-state index in [4.69, 9.17) is 4.74 Å². The third-order valence-corrected chi connectivity index (χ3v) is 4.96. The molecule has 21 heavy (non-hydrogen) atoms. The van der Waals surface area contributed by atoms with Crippen molar-refractivity contribution in [1.82, 2.24) is 5.32 Å². The highest BCUT2D eigenvalue weighted by atomic mass is 16.5. The molecule has 1 N–H and O–H groups in total. The van der Waals surface area contributed by atoms with E-state index >= 15 is 0 Å². The van der Waals surface area contributed by atoms with Crippen LogP contribution in [0, 0.1) is 11.8 Å². The molecule has 0 spiro atoms. The lowest BCUT2D eigenvalue weighted by atomic mass is 9.74. The Balaban J connectivity index is 2.03. The maximum atomic E-state index is 5.36. The molecule has 1 aromatic rings. The number of benzene rings is 1. The van der Waals surface area contributed by atoms with E-state index < -0.39 is 0 Å². The van der Waals surface area contributed by atoms with Gasteiger partial charge in [-0.05, 0) is 68.2 Å². The molecular formula is C19H31NO. The van der Waals surface area contributed by atoms with Gasteiger partial charge in [0.05, 0.1) is 7.11 Å². The highest BCUT2D eigenvalue weighted by Crippen LogP contribution is 2.34. The fourth-order valence-electron chi connectivity index (χ4n) is 3.66. The van der Waals surface area contributed by atoms with Gasteiger partial charge in [-0.15, -0.1) is 0 Å². The third kappa shape index (κ3) is 4.74. The second kappa shape index (κ2) is 8.43. The minimum absolute atomic E-state index is 0.693. The Morgan fingerprint density at radius 3 is 2.81 bits per heavy atom. The molecule has 0 heterocycles.